The lowest BCUT2D eigenvalue weighted by atomic mass is 9.79. The first-order valence-corrected chi connectivity index (χ1v) is 8.34. The number of benzene rings is 1. The standard InChI is InChI=1S/C17H22BN3O5/c1-17(2)15(25-18(26-17)12-6-4-3-5-7-12)13(10-22)24-11-21-9-8-14(19)20-16(21)23/h3-9,13,15,22H,10-11H2,1-2H3,(H2,19,20,23)/t13?,15-/m1/s1. The van der Waals surface area contributed by atoms with Crippen LogP contribution in [0.3, 0.4) is 0 Å². The largest absolute Gasteiger partial charge is 0.494 e. The van der Waals surface area contributed by atoms with Gasteiger partial charge in [0.1, 0.15) is 18.7 Å². The van der Waals surface area contributed by atoms with Gasteiger partial charge in [-0.2, -0.15) is 4.98 Å². The van der Waals surface area contributed by atoms with Gasteiger partial charge >= 0.3 is 12.8 Å². The summed E-state index contributed by atoms with van der Waals surface area (Å²) in [6.45, 7) is 3.40. The molecular weight excluding hydrogens is 337 g/mol. The molecule has 0 saturated carbocycles. The predicted molar refractivity (Wildman–Crippen MR) is 96.7 cm³/mol. The summed E-state index contributed by atoms with van der Waals surface area (Å²) in [5, 5.41) is 9.78. The fourth-order valence-electron chi connectivity index (χ4n) is 2.91. The van der Waals surface area contributed by atoms with Crippen molar-refractivity contribution < 1.29 is 19.2 Å². The number of aliphatic hydroxyl groups is 1. The number of hydrogen-bond acceptors (Lipinski definition) is 7. The van der Waals surface area contributed by atoms with E-state index in [-0.39, 0.29) is 19.2 Å². The van der Waals surface area contributed by atoms with Crippen molar-refractivity contribution in [3.63, 3.8) is 0 Å². The van der Waals surface area contributed by atoms with Crippen molar-refractivity contribution in [1.82, 2.24) is 9.55 Å². The minimum atomic E-state index is -0.682. The number of nitrogens with two attached hydrogens (primary N) is 1. The molecule has 1 saturated heterocycles. The van der Waals surface area contributed by atoms with Crippen LogP contribution in [0, 0.1) is 0 Å². The molecular formula is C17H22BN3O5. The van der Waals surface area contributed by atoms with Crippen LogP contribution in [0.2, 0.25) is 0 Å². The van der Waals surface area contributed by atoms with Crippen LogP contribution < -0.4 is 16.9 Å². The Morgan fingerprint density at radius 1 is 1.38 bits per heavy atom. The van der Waals surface area contributed by atoms with Crippen LogP contribution in [-0.2, 0) is 20.8 Å². The quantitative estimate of drug-likeness (QED) is 0.685. The van der Waals surface area contributed by atoms with Gasteiger partial charge in [-0.25, -0.2) is 4.79 Å². The van der Waals surface area contributed by atoms with E-state index in [1.165, 1.54) is 16.8 Å². The second-order valence-corrected chi connectivity index (χ2v) is 6.64. The Balaban J connectivity index is 1.71. The number of aromatic nitrogens is 2. The van der Waals surface area contributed by atoms with E-state index >= 15 is 0 Å². The number of nitrogens with zero attached hydrogens (tertiary/aromatic N) is 2. The molecule has 1 aliphatic heterocycles. The molecule has 3 rings (SSSR count). The van der Waals surface area contributed by atoms with E-state index in [1.807, 2.05) is 44.2 Å². The lowest BCUT2D eigenvalue weighted by Crippen LogP contribution is -2.46. The molecule has 1 aliphatic rings. The Hall–Kier alpha value is -2.20. The van der Waals surface area contributed by atoms with E-state index in [1.54, 1.807) is 0 Å². The third kappa shape index (κ3) is 3.96. The Labute approximate surface area is 151 Å². The Kier molecular flexibility index (Phi) is 5.42. The van der Waals surface area contributed by atoms with Crippen LogP contribution in [0.5, 0.6) is 0 Å². The summed E-state index contributed by atoms with van der Waals surface area (Å²) in [6, 6.07) is 11.1. The average Bonchev–Trinajstić information content (AvgIpc) is 2.93. The molecule has 8 nitrogen and oxygen atoms in total. The smallest absolute Gasteiger partial charge is 0.400 e. The van der Waals surface area contributed by atoms with Crippen LogP contribution in [0.4, 0.5) is 5.82 Å². The lowest BCUT2D eigenvalue weighted by molar-refractivity contribution is -0.104. The van der Waals surface area contributed by atoms with Crippen molar-refractivity contribution in [2.75, 3.05) is 12.3 Å². The zero-order valence-corrected chi connectivity index (χ0v) is 14.7. The molecule has 9 heteroatoms. The monoisotopic (exact) mass is 359 g/mol. The summed E-state index contributed by atoms with van der Waals surface area (Å²) < 4.78 is 19.0. The SMILES string of the molecule is CC1(C)OB(c2ccccc2)O[C@@H]1C(CO)OCn1ccc(N)nc1=O. The summed E-state index contributed by atoms with van der Waals surface area (Å²) >= 11 is 0. The topological polar surface area (TPSA) is 109 Å². The van der Waals surface area contributed by atoms with Crippen molar-refractivity contribution in [1.29, 1.82) is 0 Å². The van der Waals surface area contributed by atoms with Gasteiger partial charge in [0, 0.05) is 6.20 Å². The van der Waals surface area contributed by atoms with Gasteiger partial charge in [0.15, 0.2) is 0 Å². The van der Waals surface area contributed by atoms with Crippen LogP contribution in [0.15, 0.2) is 47.4 Å². The summed E-state index contributed by atoms with van der Waals surface area (Å²) in [7, 11) is -0.547. The Bertz CT molecular complexity index is 798. The summed E-state index contributed by atoms with van der Waals surface area (Å²) in [5.41, 5.74) is 5.16. The lowest BCUT2D eigenvalue weighted by Gasteiger charge is -2.31. The molecule has 0 spiro atoms. The average molecular weight is 359 g/mol. The molecule has 0 aliphatic carbocycles. The van der Waals surface area contributed by atoms with E-state index in [4.69, 9.17) is 19.8 Å². The molecule has 0 radical (unpaired) electrons. The molecule has 1 unspecified atom stereocenters. The highest BCUT2D eigenvalue weighted by atomic mass is 16.7. The number of ether oxygens (including phenoxy) is 1. The number of hydrogen-bond donors (Lipinski definition) is 2. The minimum absolute atomic E-state index is 0.0801. The maximum absolute atomic E-state index is 11.8. The van der Waals surface area contributed by atoms with Crippen molar-refractivity contribution in [2.45, 2.75) is 38.4 Å². The molecule has 3 N–H and O–H groups in total. The highest BCUT2D eigenvalue weighted by Crippen LogP contribution is 2.30. The molecule has 2 heterocycles. The van der Waals surface area contributed by atoms with Gasteiger partial charge in [0.05, 0.1) is 18.3 Å². The van der Waals surface area contributed by atoms with Crippen LogP contribution in [0.1, 0.15) is 13.8 Å². The van der Waals surface area contributed by atoms with Gasteiger partial charge in [0.2, 0.25) is 0 Å². The highest BCUT2D eigenvalue weighted by Gasteiger charge is 2.49. The van der Waals surface area contributed by atoms with E-state index < -0.39 is 30.6 Å². The zero-order chi connectivity index (χ0) is 18.7. The maximum Gasteiger partial charge on any atom is 0.494 e. The second-order valence-electron chi connectivity index (χ2n) is 6.64. The van der Waals surface area contributed by atoms with Gasteiger partial charge in [-0.05, 0) is 25.4 Å². The molecule has 26 heavy (non-hydrogen) atoms. The second kappa shape index (κ2) is 7.59. The molecule has 0 bridgehead atoms. The van der Waals surface area contributed by atoms with Gasteiger partial charge in [-0.15, -0.1) is 0 Å². The number of rotatable bonds is 6. The summed E-state index contributed by atoms with van der Waals surface area (Å²) in [4.78, 5) is 15.4. The first-order chi connectivity index (χ1) is 12.4. The van der Waals surface area contributed by atoms with Gasteiger partial charge in [-0.3, -0.25) is 4.57 Å². The molecule has 138 valence electrons. The normalized spacial score (nSPS) is 20.3. The van der Waals surface area contributed by atoms with E-state index in [0.29, 0.717) is 0 Å². The fourth-order valence-corrected chi connectivity index (χ4v) is 2.91. The van der Waals surface area contributed by atoms with Crippen LogP contribution in [-0.4, -0.2) is 46.2 Å². The molecule has 1 aromatic heterocycles. The van der Waals surface area contributed by atoms with Gasteiger partial charge in [-0.1, -0.05) is 30.3 Å². The van der Waals surface area contributed by atoms with E-state index in [0.717, 1.165) is 5.46 Å². The van der Waals surface area contributed by atoms with Crippen LogP contribution in [0.25, 0.3) is 0 Å². The maximum atomic E-state index is 11.8. The van der Waals surface area contributed by atoms with Crippen molar-refractivity contribution in [2.24, 2.45) is 0 Å². The molecule has 2 aromatic rings. The predicted octanol–water partition coefficient (Wildman–Crippen LogP) is -0.250. The first kappa shape index (κ1) is 18.6. The molecule has 0 amide bonds. The summed E-state index contributed by atoms with van der Waals surface area (Å²) in [6.07, 6.45) is 0.293. The van der Waals surface area contributed by atoms with E-state index in [9.17, 15) is 9.90 Å². The molecule has 1 aromatic carbocycles. The zero-order valence-electron chi connectivity index (χ0n) is 14.7. The van der Waals surface area contributed by atoms with Crippen molar-refractivity contribution in [3.8, 4) is 0 Å². The molecule has 1 fully saturated rings. The van der Waals surface area contributed by atoms with E-state index in [2.05, 4.69) is 4.98 Å². The molecule has 2 atom stereocenters. The number of anilines is 1. The third-order valence-electron chi connectivity index (χ3n) is 4.28. The minimum Gasteiger partial charge on any atom is -0.400 e. The van der Waals surface area contributed by atoms with Crippen molar-refractivity contribution >= 4 is 18.4 Å². The van der Waals surface area contributed by atoms with Crippen LogP contribution >= 0.6 is 0 Å². The third-order valence-corrected chi connectivity index (χ3v) is 4.28. The number of aliphatic hydroxyl groups excluding tert-OH is 1. The van der Waals surface area contributed by atoms with Gasteiger partial charge < -0.3 is 24.9 Å². The number of nitrogen functional groups attached to an aromatic ring is 1. The fraction of sp³-hybridized carbons (Fsp3) is 0.412. The van der Waals surface area contributed by atoms with Crippen molar-refractivity contribution in [3.05, 3.63) is 53.1 Å². The van der Waals surface area contributed by atoms with Gasteiger partial charge in [0.25, 0.3) is 0 Å². The Morgan fingerprint density at radius 2 is 2.12 bits per heavy atom. The highest BCUT2D eigenvalue weighted by molar-refractivity contribution is 6.62. The Morgan fingerprint density at radius 3 is 2.77 bits per heavy atom. The first-order valence-electron chi connectivity index (χ1n) is 8.34. The summed E-state index contributed by atoms with van der Waals surface area (Å²) in [5.74, 6) is 0.143.